The minimum atomic E-state index is -3.19. The molecule has 1 aliphatic rings. The number of hydrogen-bond donors (Lipinski definition) is 1. The average Bonchev–Trinajstić information content (AvgIpc) is 2.95. The number of benzene rings is 1. The highest BCUT2D eigenvalue weighted by atomic mass is 32.2. The van der Waals surface area contributed by atoms with Crippen molar-refractivity contribution in [1.82, 2.24) is 0 Å². The van der Waals surface area contributed by atoms with E-state index in [2.05, 4.69) is 0 Å². The van der Waals surface area contributed by atoms with E-state index in [1.54, 1.807) is 25.3 Å². The van der Waals surface area contributed by atoms with Crippen LogP contribution in [0.4, 0.5) is 0 Å². The van der Waals surface area contributed by atoms with Crippen LogP contribution >= 0.6 is 0 Å². The summed E-state index contributed by atoms with van der Waals surface area (Å²) in [4.78, 5) is 0.292. The Morgan fingerprint density at radius 2 is 2.00 bits per heavy atom. The predicted octanol–water partition coefficient (Wildman–Crippen LogP) is 1.05. The molecule has 0 saturated heterocycles. The molecule has 88 valence electrons. The zero-order chi connectivity index (χ0) is 12.0. The number of nitrogens with two attached hydrogens (primary N) is 1. The molecule has 0 unspecified atom stereocenters. The van der Waals surface area contributed by atoms with Crippen LogP contribution in [0.5, 0.6) is 5.75 Å². The topological polar surface area (TPSA) is 69.4 Å². The Hall–Kier alpha value is -1.07. The van der Waals surface area contributed by atoms with E-state index in [-0.39, 0.29) is 0 Å². The van der Waals surface area contributed by atoms with E-state index in [0.717, 1.165) is 18.4 Å². The summed E-state index contributed by atoms with van der Waals surface area (Å²) >= 11 is 0. The van der Waals surface area contributed by atoms with Crippen LogP contribution in [-0.4, -0.2) is 21.8 Å². The largest absolute Gasteiger partial charge is 0.496 e. The smallest absolute Gasteiger partial charge is 0.175 e. The second kappa shape index (κ2) is 3.46. The second-order valence-electron chi connectivity index (χ2n) is 4.29. The van der Waals surface area contributed by atoms with Gasteiger partial charge >= 0.3 is 0 Å². The summed E-state index contributed by atoms with van der Waals surface area (Å²) in [6, 6.07) is 4.84. The molecule has 0 bridgehead atoms. The van der Waals surface area contributed by atoms with E-state index in [0.29, 0.717) is 10.6 Å². The molecule has 0 radical (unpaired) electrons. The predicted molar refractivity (Wildman–Crippen MR) is 61.2 cm³/mol. The maximum Gasteiger partial charge on any atom is 0.175 e. The van der Waals surface area contributed by atoms with Gasteiger partial charge in [0.25, 0.3) is 0 Å². The van der Waals surface area contributed by atoms with Crippen molar-refractivity contribution in [2.75, 3.05) is 13.4 Å². The quantitative estimate of drug-likeness (QED) is 0.858. The molecule has 1 aromatic rings. The van der Waals surface area contributed by atoms with Crippen LogP contribution in [0.2, 0.25) is 0 Å². The monoisotopic (exact) mass is 241 g/mol. The molecule has 1 saturated carbocycles. The van der Waals surface area contributed by atoms with Gasteiger partial charge in [0.05, 0.1) is 12.0 Å². The van der Waals surface area contributed by atoms with Crippen molar-refractivity contribution in [3.8, 4) is 5.75 Å². The van der Waals surface area contributed by atoms with Crippen molar-refractivity contribution in [3.63, 3.8) is 0 Å². The minimum Gasteiger partial charge on any atom is -0.496 e. The van der Waals surface area contributed by atoms with Crippen molar-refractivity contribution in [3.05, 3.63) is 23.8 Å². The molecule has 2 N–H and O–H groups in total. The van der Waals surface area contributed by atoms with E-state index in [1.165, 1.54) is 6.26 Å². The molecule has 2 rings (SSSR count). The van der Waals surface area contributed by atoms with Gasteiger partial charge in [0, 0.05) is 17.4 Å². The standard InChI is InChI=1S/C11H15NO3S/c1-15-10-4-3-8(16(2,13)14)7-9(10)11(12)5-6-11/h3-4,7H,5-6,12H2,1-2H3. The van der Waals surface area contributed by atoms with Crippen LogP contribution in [-0.2, 0) is 15.4 Å². The first-order valence-corrected chi connectivity index (χ1v) is 6.93. The van der Waals surface area contributed by atoms with E-state index in [4.69, 9.17) is 10.5 Å². The van der Waals surface area contributed by atoms with Gasteiger partial charge in [-0.1, -0.05) is 0 Å². The highest BCUT2D eigenvalue weighted by Gasteiger charge is 2.42. The molecule has 0 aromatic heterocycles. The van der Waals surface area contributed by atoms with Gasteiger partial charge in [-0.05, 0) is 31.0 Å². The highest BCUT2D eigenvalue weighted by Crippen LogP contribution is 2.46. The maximum atomic E-state index is 11.5. The van der Waals surface area contributed by atoms with E-state index in [9.17, 15) is 8.42 Å². The van der Waals surface area contributed by atoms with Crippen molar-refractivity contribution in [2.24, 2.45) is 5.73 Å². The molecular weight excluding hydrogens is 226 g/mol. The molecule has 0 heterocycles. The van der Waals surface area contributed by atoms with Gasteiger partial charge in [0.2, 0.25) is 0 Å². The van der Waals surface area contributed by atoms with Crippen LogP contribution in [0, 0.1) is 0 Å². The fraction of sp³-hybridized carbons (Fsp3) is 0.455. The summed E-state index contributed by atoms with van der Waals surface area (Å²) in [6.45, 7) is 0. The summed E-state index contributed by atoms with van der Waals surface area (Å²) in [5, 5.41) is 0. The fourth-order valence-electron chi connectivity index (χ4n) is 1.71. The Morgan fingerprint density at radius 3 is 2.44 bits per heavy atom. The van der Waals surface area contributed by atoms with Gasteiger partial charge in [-0.2, -0.15) is 0 Å². The molecule has 4 nitrogen and oxygen atoms in total. The Kier molecular flexibility index (Phi) is 2.47. The van der Waals surface area contributed by atoms with Crippen molar-refractivity contribution < 1.29 is 13.2 Å². The number of methoxy groups -OCH3 is 1. The van der Waals surface area contributed by atoms with E-state index >= 15 is 0 Å². The lowest BCUT2D eigenvalue weighted by Crippen LogP contribution is -2.20. The Morgan fingerprint density at radius 1 is 1.38 bits per heavy atom. The first kappa shape index (κ1) is 11.4. The van der Waals surface area contributed by atoms with Gasteiger partial charge in [-0.3, -0.25) is 0 Å². The van der Waals surface area contributed by atoms with Crippen molar-refractivity contribution in [2.45, 2.75) is 23.3 Å². The summed E-state index contributed by atoms with van der Waals surface area (Å²) < 4.78 is 28.1. The van der Waals surface area contributed by atoms with Crippen molar-refractivity contribution >= 4 is 9.84 Å². The lowest BCUT2D eigenvalue weighted by Gasteiger charge is -2.15. The SMILES string of the molecule is COc1ccc(S(C)(=O)=O)cc1C1(N)CC1. The summed E-state index contributed by atoms with van der Waals surface area (Å²) in [5.74, 6) is 0.660. The third kappa shape index (κ3) is 1.92. The molecule has 1 aliphatic carbocycles. The summed E-state index contributed by atoms with van der Waals surface area (Å²) in [5.41, 5.74) is 6.47. The number of hydrogen-bond acceptors (Lipinski definition) is 4. The van der Waals surface area contributed by atoms with Crippen LogP contribution in [0.25, 0.3) is 0 Å². The van der Waals surface area contributed by atoms with Crippen LogP contribution in [0.15, 0.2) is 23.1 Å². The van der Waals surface area contributed by atoms with Gasteiger partial charge in [0.15, 0.2) is 9.84 Å². The molecule has 1 fully saturated rings. The number of sulfone groups is 1. The number of rotatable bonds is 3. The first-order chi connectivity index (χ1) is 7.37. The Labute approximate surface area is 95.3 Å². The highest BCUT2D eigenvalue weighted by molar-refractivity contribution is 7.90. The maximum absolute atomic E-state index is 11.5. The average molecular weight is 241 g/mol. The van der Waals surface area contributed by atoms with Crippen LogP contribution in [0.3, 0.4) is 0 Å². The summed E-state index contributed by atoms with van der Waals surface area (Å²) in [7, 11) is -1.63. The van der Waals surface area contributed by atoms with Crippen LogP contribution in [0.1, 0.15) is 18.4 Å². The van der Waals surface area contributed by atoms with Crippen LogP contribution < -0.4 is 10.5 Å². The lowest BCUT2D eigenvalue weighted by molar-refractivity contribution is 0.404. The van der Waals surface area contributed by atoms with Gasteiger partial charge in [-0.25, -0.2) is 8.42 Å². The molecule has 16 heavy (non-hydrogen) atoms. The van der Waals surface area contributed by atoms with E-state index in [1.807, 2.05) is 0 Å². The Balaban J connectivity index is 2.56. The van der Waals surface area contributed by atoms with Gasteiger partial charge in [0.1, 0.15) is 5.75 Å². The van der Waals surface area contributed by atoms with Gasteiger partial charge in [-0.15, -0.1) is 0 Å². The summed E-state index contributed by atoms with van der Waals surface area (Å²) in [6.07, 6.45) is 2.93. The molecule has 1 aromatic carbocycles. The third-order valence-corrected chi connectivity index (χ3v) is 4.03. The van der Waals surface area contributed by atoms with E-state index < -0.39 is 15.4 Å². The zero-order valence-corrected chi connectivity index (χ0v) is 10.2. The second-order valence-corrected chi connectivity index (χ2v) is 6.31. The zero-order valence-electron chi connectivity index (χ0n) is 9.36. The third-order valence-electron chi connectivity index (χ3n) is 2.92. The molecular formula is C11H15NO3S. The minimum absolute atomic E-state index is 0.292. The number of ether oxygens (including phenoxy) is 1. The van der Waals surface area contributed by atoms with Gasteiger partial charge < -0.3 is 10.5 Å². The normalized spacial score (nSPS) is 18.2. The molecule has 5 heteroatoms. The molecule has 0 aliphatic heterocycles. The molecule has 0 amide bonds. The molecule has 0 atom stereocenters. The molecule has 0 spiro atoms. The lowest BCUT2D eigenvalue weighted by atomic mass is 10.0. The fourth-order valence-corrected chi connectivity index (χ4v) is 2.36. The van der Waals surface area contributed by atoms with Crippen molar-refractivity contribution in [1.29, 1.82) is 0 Å². The Bertz CT molecular complexity index is 518. The first-order valence-electron chi connectivity index (χ1n) is 5.04.